The predicted molar refractivity (Wildman–Crippen MR) is 74.8 cm³/mol. The summed E-state index contributed by atoms with van der Waals surface area (Å²) in [7, 11) is 0. The van der Waals surface area contributed by atoms with E-state index in [4.69, 9.17) is 4.74 Å². The van der Waals surface area contributed by atoms with Crippen LogP contribution in [0.1, 0.15) is 38.3 Å². The van der Waals surface area contributed by atoms with Gasteiger partial charge in [0.1, 0.15) is 5.60 Å². The predicted octanol–water partition coefficient (Wildman–Crippen LogP) is 3.32. The second kappa shape index (κ2) is 6.46. The molecule has 18 heavy (non-hydrogen) atoms. The minimum Gasteiger partial charge on any atom is -0.444 e. The van der Waals surface area contributed by atoms with Gasteiger partial charge in [-0.3, -0.25) is 0 Å². The van der Waals surface area contributed by atoms with Crippen LogP contribution in [0, 0.1) is 18.8 Å². The number of hydrogen-bond donors (Lipinski definition) is 1. The van der Waals surface area contributed by atoms with E-state index in [-0.39, 0.29) is 0 Å². The fourth-order valence-electron chi connectivity index (χ4n) is 1.19. The van der Waals surface area contributed by atoms with E-state index < -0.39 is 11.7 Å². The van der Waals surface area contributed by atoms with Gasteiger partial charge >= 0.3 is 6.09 Å². The SMILES string of the molecule is Cc1cscc1C#CCCNC(=O)OC(C)(C)C. The van der Waals surface area contributed by atoms with Crippen LogP contribution in [0.15, 0.2) is 10.8 Å². The third kappa shape index (κ3) is 5.74. The molecule has 0 saturated carbocycles. The fourth-order valence-corrected chi connectivity index (χ4v) is 1.97. The Morgan fingerprint density at radius 1 is 1.44 bits per heavy atom. The first-order valence-electron chi connectivity index (χ1n) is 5.87. The number of amides is 1. The van der Waals surface area contributed by atoms with Crippen LogP contribution >= 0.6 is 11.3 Å². The Labute approximate surface area is 113 Å². The lowest BCUT2D eigenvalue weighted by Crippen LogP contribution is -2.32. The second-order valence-corrected chi connectivity index (χ2v) is 5.69. The molecule has 1 N–H and O–H groups in total. The van der Waals surface area contributed by atoms with Gasteiger partial charge in [-0.25, -0.2) is 4.79 Å². The van der Waals surface area contributed by atoms with Crippen LogP contribution in [0.2, 0.25) is 0 Å². The van der Waals surface area contributed by atoms with Crippen molar-refractivity contribution in [3.8, 4) is 11.8 Å². The molecule has 0 unspecified atom stereocenters. The summed E-state index contributed by atoms with van der Waals surface area (Å²) in [5.41, 5.74) is 1.81. The lowest BCUT2D eigenvalue weighted by molar-refractivity contribution is 0.0529. The van der Waals surface area contributed by atoms with Crippen molar-refractivity contribution in [2.75, 3.05) is 6.54 Å². The summed E-state index contributed by atoms with van der Waals surface area (Å²) in [6.45, 7) is 8.06. The van der Waals surface area contributed by atoms with E-state index in [9.17, 15) is 4.79 Å². The second-order valence-electron chi connectivity index (χ2n) is 4.95. The maximum Gasteiger partial charge on any atom is 0.407 e. The molecule has 1 heterocycles. The lowest BCUT2D eigenvalue weighted by atomic mass is 10.2. The minimum atomic E-state index is -0.455. The van der Waals surface area contributed by atoms with Crippen LogP contribution in [0.4, 0.5) is 4.79 Å². The molecule has 98 valence electrons. The standard InChI is InChI=1S/C14H19NO2S/c1-11-9-18-10-12(11)7-5-6-8-15-13(16)17-14(2,3)4/h9-10H,6,8H2,1-4H3,(H,15,16). The van der Waals surface area contributed by atoms with E-state index in [1.54, 1.807) is 11.3 Å². The third-order valence-corrected chi connectivity index (χ3v) is 2.86. The maximum atomic E-state index is 11.3. The first-order valence-corrected chi connectivity index (χ1v) is 6.81. The number of aryl methyl sites for hydroxylation is 1. The summed E-state index contributed by atoms with van der Waals surface area (Å²) in [6.07, 6.45) is 0.227. The Kier molecular flexibility index (Phi) is 5.24. The van der Waals surface area contributed by atoms with Gasteiger partial charge in [0.2, 0.25) is 0 Å². The number of alkyl carbamates (subject to hydrolysis) is 1. The number of rotatable bonds is 2. The Morgan fingerprint density at radius 2 is 2.17 bits per heavy atom. The Morgan fingerprint density at radius 3 is 2.72 bits per heavy atom. The van der Waals surface area contributed by atoms with Crippen molar-refractivity contribution in [1.29, 1.82) is 0 Å². The smallest absolute Gasteiger partial charge is 0.407 e. The van der Waals surface area contributed by atoms with E-state index >= 15 is 0 Å². The van der Waals surface area contributed by atoms with Crippen molar-refractivity contribution < 1.29 is 9.53 Å². The van der Waals surface area contributed by atoms with E-state index in [0.29, 0.717) is 13.0 Å². The first-order chi connectivity index (χ1) is 8.38. The third-order valence-electron chi connectivity index (χ3n) is 2.00. The molecule has 0 fully saturated rings. The molecule has 1 aromatic rings. The highest BCUT2D eigenvalue weighted by Crippen LogP contribution is 2.11. The van der Waals surface area contributed by atoms with Crippen LogP contribution in [-0.2, 0) is 4.74 Å². The number of thiophene rings is 1. The van der Waals surface area contributed by atoms with Gasteiger partial charge in [-0.05, 0) is 38.6 Å². The molecular formula is C14H19NO2S. The Hall–Kier alpha value is -1.47. The van der Waals surface area contributed by atoms with Crippen molar-refractivity contribution in [2.45, 2.75) is 39.7 Å². The average Bonchev–Trinajstić information content (AvgIpc) is 2.61. The highest BCUT2D eigenvalue weighted by atomic mass is 32.1. The molecule has 1 rings (SSSR count). The van der Waals surface area contributed by atoms with Gasteiger partial charge in [-0.15, -0.1) is 0 Å². The average molecular weight is 265 g/mol. The number of ether oxygens (including phenoxy) is 1. The molecule has 0 saturated heterocycles. The molecule has 0 radical (unpaired) electrons. The van der Waals surface area contributed by atoms with E-state index in [2.05, 4.69) is 22.5 Å². The largest absolute Gasteiger partial charge is 0.444 e. The van der Waals surface area contributed by atoms with Crippen molar-refractivity contribution in [3.05, 3.63) is 21.9 Å². The summed E-state index contributed by atoms with van der Waals surface area (Å²) in [5.74, 6) is 6.12. The molecule has 1 amide bonds. The number of nitrogens with one attached hydrogen (secondary N) is 1. The van der Waals surface area contributed by atoms with Crippen LogP contribution in [0.5, 0.6) is 0 Å². The molecule has 0 aliphatic rings. The molecule has 0 aliphatic carbocycles. The fraction of sp³-hybridized carbons (Fsp3) is 0.500. The molecule has 0 bridgehead atoms. The van der Waals surface area contributed by atoms with E-state index in [1.165, 1.54) is 5.56 Å². The van der Waals surface area contributed by atoms with E-state index in [0.717, 1.165) is 5.56 Å². The summed E-state index contributed by atoms with van der Waals surface area (Å²) in [5, 5.41) is 6.78. The minimum absolute atomic E-state index is 0.393. The molecular weight excluding hydrogens is 246 g/mol. The van der Waals surface area contributed by atoms with Gasteiger partial charge in [-0.1, -0.05) is 11.8 Å². The number of carbonyl (C=O) groups excluding carboxylic acids is 1. The maximum absolute atomic E-state index is 11.3. The summed E-state index contributed by atoms with van der Waals surface area (Å²) >= 11 is 1.65. The van der Waals surface area contributed by atoms with Crippen LogP contribution in [-0.4, -0.2) is 18.2 Å². The van der Waals surface area contributed by atoms with Crippen molar-refractivity contribution >= 4 is 17.4 Å². The topological polar surface area (TPSA) is 38.3 Å². The number of carbonyl (C=O) groups is 1. The Balaban J connectivity index is 2.26. The van der Waals surface area contributed by atoms with Crippen LogP contribution < -0.4 is 5.32 Å². The zero-order valence-corrected chi connectivity index (χ0v) is 12.1. The molecule has 0 aromatic carbocycles. The lowest BCUT2D eigenvalue weighted by Gasteiger charge is -2.19. The molecule has 4 heteroatoms. The molecule has 0 spiro atoms. The van der Waals surface area contributed by atoms with Crippen LogP contribution in [0.3, 0.4) is 0 Å². The van der Waals surface area contributed by atoms with Gasteiger partial charge in [0, 0.05) is 23.9 Å². The molecule has 3 nitrogen and oxygen atoms in total. The van der Waals surface area contributed by atoms with Crippen LogP contribution in [0.25, 0.3) is 0 Å². The zero-order chi connectivity index (χ0) is 13.6. The van der Waals surface area contributed by atoms with Gasteiger partial charge in [-0.2, -0.15) is 11.3 Å². The quantitative estimate of drug-likeness (QED) is 0.658. The van der Waals surface area contributed by atoms with Crippen molar-refractivity contribution in [2.24, 2.45) is 0 Å². The normalized spacial score (nSPS) is 10.4. The highest BCUT2D eigenvalue weighted by Gasteiger charge is 2.15. The van der Waals surface area contributed by atoms with Crippen molar-refractivity contribution in [3.63, 3.8) is 0 Å². The summed E-state index contributed by atoms with van der Waals surface area (Å²) in [6, 6.07) is 0. The van der Waals surface area contributed by atoms with Crippen molar-refractivity contribution in [1.82, 2.24) is 5.32 Å². The summed E-state index contributed by atoms with van der Waals surface area (Å²) in [4.78, 5) is 11.3. The molecule has 0 atom stereocenters. The Bertz CT molecular complexity index is 460. The molecule has 1 aromatic heterocycles. The number of hydrogen-bond acceptors (Lipinski definition) is 3. The van der Waals surface area contributed by atoms with Gasteiger partial charge in [0.15, 0.2) is 0 Å². The summed E-state index contributed by atoms with van der Waals surface area (Å²) < 4.78 is 5.11. The zero-order valence-electron chi connectivity index (χ0n) is 11.3. The van der Waals surface area contributed by atoms with Gasteiger partial charge in [0.05, 0.1) is 0 Å². The highest BCUT2D eigenvalue weighted by molar-refractivity contribution is 7.08. The monoisotopic (exact) mass is 265 g/mol. The molecule has 0 aliphatic heterocycles. The first kappa shape index (κ1) is 14.6. The van der Waals surface area contributed by atoms with Gasteiger partial charge in [0.25, 0.3) is 0 Å². The van der Waals surface area contributed by atoms with Gasteiger partial charge < -0.3 is 10.1 Å². The van der Waals surface area contributed by atoms with E-state index in [1.807, 2.05) is 33.1 Å².